The maximum absolute atomic E-state index is 11.1. The molecule has 0 saturated carbocycles. The highest BCUT2D eigenvalue weighted by Crippen LogP contribution is 2.06. The van der Waals surface area contributed by atoms with Crippen LogP contribution in [0.15, 0.2) is 12.2 Å². The predicted octanol–water partition coefficient (Wildman–Crippen LogP) is -1.68. The molecule has 0 aromatic carbocycles. The van der Waals surface area contributed by atoms with Crippen molar-refractivity contribution in [3.05, 3.63) is 12.2 Å². The summed E-state index contributed by atoms with van der Waals surface area (Å²) >= 11 is 0. The molecular weight excluding hydrogens is 204 g/mol. The van der Waals surface area contributed by atoms with Crippen LogP contribution in [-0.4, -0.2) is 37.8 Å². The number of halogens is 1. The molecule has 0 aliphatic heterocycles. The average molecular weight is 225 g/mol. The summed E-state index contributed by atoms with van der Waals surface area (Å²) < 4.78 is 5.71. The minimum atomic E-state index is -0.324. The molecule has 0 aromatic rings. The number of quaternary nitrogens is 1. The third kappa shape index (κ3) is 6.88. The molecule has 0 saturated heterocycles. The van der Waals surface area contributed by atoms with Crippen LogP contribution in [0.4, 0.5) is 0 Å². The molecule has 0 fully saturated rings. The highest BCUT2D eigenvalue weighted by molar-refractivity contribution is 5.86. The first kappa shape index (κ1) is 19.1. The van der Waals surface area contributed by atoms with Crippen molar-refractivity contribution in [2.75, 3.05) is 21.1 Å². The number of hydrogen-bond donors (Lipinski definition) is 1. The summed E-state index contributed by atoms with van der Waals surface area (Å²) in [4.78, 5) is 11.1. The van der Waals surface area contributed by atoms with Gasteiger partial charge in [0.15, 0.2) is 0 Å². The Bertz CT molecular complexity index is 199. The van der Waals surface area contributed by atoms with Crippen molar-refractivity contribution in [2.45, 2.75) is 20.1 Å². The maximum Gasteiger partial charge on any atom is 0.337 e. The highest BCUT2D eigenvalue weighted by atomic mass is 35.5. The second-order valence-electron chi connectivity index (χ2n) is 3.90. The summed E-state index contributed by atoms with van der Waals surface area (Å²) in [5, 5.41) is 0. The lowest BCUT2D eigenvalue weighted by molar-refractivity contribution is -0.914. The molecule has 86 valence electrons. The van der Waals surface area contributed by atoms with E-state index in [4.69, 9.17) is 4.74 Å². The summed E-state index contributed by atoms with van der Waals surface area (Å²) in [6, 6.07) is 0. The average Bonchev–Trinajstić information content (AvgIpc) is 1.85. The zero-order valence-corrected chi connectivity index (χ0v) is 10.4. The number of hydrogen-bond acceptors (Lipinski definition) is 3. The molecule has 0 radical (unpaired) electrons. The number of carbonyl (C=O) groups is 1. The van der Waals surface area contributed by atoms with Crippen LogP contribution in [0, 0.1) is 0 Å². The smallest absolute Gasteiger partial charge is 0.337 e. The molecule has 0 heterocycles. The van der Waals surface area contributed by atoms with Crippen LogP contribution in [0.3, 0.4) is 0 Å². The number of esters is 1. The molecule has 0 bridgehead atoms. The topological polar surface area (TPSA) is 61.3 Å². The van der Waals surface area contributed by atoms with E-state index in [0.29, 0.717) is 10.1 Å². The first-order chi connectivity index (χ1) is 5.25. The Kier molecular flexibility index (Phi) is 9.28. The number of rotatable bonds is 3. The van der Waals surface area contributed by atoms with Crippen molar-refractivity contribution in [1.29, 1.82) is 0 Å². The fourth-order valence-corrected chi connectivity index (χ4v) is 0.414. The first-order valence-corrected chi connectivity index (χ1v) is 3.92. The van der Waals surface area contributed by atoms with Crippen LogP contribution in [0.1, 0.15) is 13.8 Å². The quantitative estimate of drug-likeness (QED) is 0.270. The van der Waals surface area contributed by atoms with Gasteiger partial charge in [0, 0.05) is 12.5 Å². The Balaban J connectivity index is -0.000000605. The molecule has 0 aliphatic carbocycles. The monoisotopic (exact) mass is 224 g/mol. The molecule has 5 heteroatoms. The number of ether oxygens (including phenoxy) is 1. The van der Waals surface area contributed by atoms with Gasteiger partial charge < -0.3 is 23.3 Å². The minimum absolute atomic E-state index is 0. The summed E-state index contributed by atoms with van der Waals surface area (Å²) in [7, 11) is 5.91. The van der Waals surface area contributed by atoms with Crippen LogP contribution in [0.25, 0.3) is 0 Å². The van der Waals surface area contributed by atoms with E-state index < -0.39 is 0 Å². The molecule has 3 N–H and O–H groups in total. The van der Waals surface area contributed by atoms with Gasteiger partial charge in [-0.25, -0.2) is 4.79 Å². The lowest BCUT2D eigenvalue weighted by atomic mass is 10.3. The molecule has 0 aliphatic rings. The van der Waals surface area contributed by atoms with E-state index in [-0.39, 0.29) is 30.8 Å². The van der Waals surface area contributed by atoms with Gasteiger partial charge >= 0.3 is 5.97 Å². The Morgan fingerprint density at radius 2 is 1.71 bits per heavy atom. The number of nitrogens with zero attached hydrogens (tertiary/aromatic N) is 1. The Morgan fingerprint density at radius 3 is 1.93 bits per heavy atom. The molecule has 0 spiro atoms. The summed E-state index contributed by atoms with van der Waals surface area (Å²) in [6.45, 7) is 7.01. The van der Waals surface area contributed by atoms with Crippen molar-refractivity contribution < 1.29 is 26.4 Å². The van der Waals surface area contributed by atoms with E-state index in [0.717, 1.165) is 0 Å². The number of carbonyl (C=O) groups excluding carboxylic acids is 1. The van der Waals surface area contributed by atoms with Gasteiger partial charge in [-0.15, -0.1) is 0 Å². The van der Waals surface area contributed by atoms with E-state index in [1.165, 1.54) is 0 Å². The van der Waals surface area contributed by atoms with Gasteiger partial charge in [0.1, 0.15) is 0 Å². The molecule has 4 nitrogen and oxygen atoms in total. The Morgan fingerprint density at radius 1 is 1.36 bits per heavy atom. The van der Waals surface area contributed by atoms with Crippen LogP contribution in [-0.2, 0) is 9.53 Å². The molecule has 0 rings (SSSR count). The fourth-order valence-electron chi connectivity index (χ4n) is 0.414. The largest absolute Gasteiger partial charge is 1.00 e. The van der Waals surface area contributed by atoms with Gasteiger partial charge in [-0.2, -0.15) is 0 Å². The van der Waals surface area contributed by atoms with Gasteiger partial charge in [-0.05, 0) is 6.92 Å². The highest BCUT2D eigenvalue weighted by Gasteiger charge is 2.22. The van der Waals surface area contributed by atoms with Gasteiger partial charge in [0.2, 0.25) is 6.23 Å². The van der Waals surface area contributed by atoms with Crippen LogP contribution in [0.2, 0.25) is 0 Å². The van der Waals surface area contributed by atoms with E-state index in [1.54, 1.807) is 6.92 Å². The van der Waals surface area contributed by atoms with Gasteiger partial charge in [-0.3, -0.25) is 4.48 Å². The lowest BCUT2D eigenvalue weighted by Gasteiger charge is -2.30. The van der Waals surface area contributed by atoms with Crippen molar-refractivity contribution in [1.82, 2.24) is 6.15 Å². The lowest BCUT2D eigenvalue weighted by Crippen LogP contribution is -3.00. The van der Waals surface area contributed by atoms with Gasteiger partial charge in [-0.1, -0.05) is 6.58 Å². The van der Waals surface area contributed by atoms with E-state index in [2.05, 4.69) is 6.58 Å². The molecule has 14 heavy (non-hydrogen) atoms. The second-order valence-corrected chi connectivity index (χ2v) is 3.90. The molecule has 0 amide bonds. The van der Waals surface area contributed by atoms with Crippen molar-refractivity contribution in [3.8, 4) is 0 Å². The van der Waals surface area contributed by atoms with Crippen molar-refractivity contribution in [2.24, 2.45) is 0 Å². The maximum atomic E-state index is 11.1. The summed E-state index contributed by atoms with van der Waals surface area (Å²) in [6.07, 6.45) is -0.144. The third-order valence-electron chi connectivity index (χ3n) is 1.72. The summed E-state index contributed by atoms with van der Waals surface area (Å²) in [5.41, 5.74) is 0.440. The summed E-state index contributed by atoms with van der Waals surface area (Å²) in [5.74, 6) is -0.324. The predicted molar refractivity (Wildman–Crippen MR) is 53.4 cm³/mol. The zero-order chi connectivity index (χ0) is 9.94. The van der Waals surface area contributed by atoms with Crippen LogP contribution in [0.5, 0.6) is 0 Å². The Hall–Kier alpha value is -0.580. The minimum Gasteiger partial charge on any atom is -1.00 e. The van der Waals surface area contributed by atoms with E-state index in [1.807, 2.05) is 28.1 Å². The van der Waals surface area contributed by atoms with E-state index >= 15 is 0 Å². The Labute approximate surface area is 92.5 Å². The first-order valence-electron chi connectivity index (χ1n) is 3.92. The molecule has 1 atom stereocenters. The molecular formula is C9H21ClN2O2. The van der Waals surface area contributed by atoms with Crippen molar-refractivity contribution >= 4 is 5.97 Å². The molecule has 0 aromatic heterocycles. The van der Waals surface area contributed by atoms with Crippen molar-refractivity contribution in [3.63, 3.8) is 0 Å². The van der Waals surface area contributed by atoms with Crippen LogP contribution < -0.4 is 18.6 Å². The normalized spacial score (nSPS) is 11.8. The molecule has 1 unspecified atom stereocenters. The zero-order valence-electron chi connectivity index (χ0n) is 9.63. The van der Waals surface area contributed by atoms with E-state index in [9.17, 15) is 4.79 Å². The van der Waals surface area contributed by atoms with Crippen LogP contribution >= 0.6 is 0 Å². The second kappa shape index (κ2) is 6.81. The third-order valence-corrected chi connectivity index (χ3v) is 1.72. The fraction of sp³-hybridized carbons (Fsp3) is 0.667. The standard InChI is InChI=1S/C9H18NO2.ClH.H3N/c1-7(2)9(11)12-8(3)10(4,5)6;;/h8H,1H2,2-6H3;1H;1H3/q+1;;/p-1. The van der Waals surface area contributed by atoms with Gasteiger partial charge in [0.25, 0.3) is 0 Å². The SMILES string of the molecule is C=C(C)C(=O)OC(C)[N+](C)(C)C.N.[Cl-]. The van der Waals surface area contributed by atoms with Gasteiger partial charge in [0.05, 0.1) is 21.1 Å².